The molecule has 4 nitrogen and oxygen atoms in total. The number of benzene rings is 2. The summed E-state index contributed by atoms with van der Waals surface area (Å²) in [6.45, 7) is 3.82. The first-order valence-corrected chi connectivity index (χ1v) is 6.83. The Morgan fingerprint density at radius 1 is 1.19 bits per heavy atom. The molecule has 2 rings (SSSR count). The molecule has 0 saturated carbocycles. The number of nitrogens with two attached hydrogens (primary N) is 1. The molecule has 0 bridgehead atoms. The van der Waals surface area contributed by atoms with Crippen molar-refractivity contribution in [3.63, 3.8) is 0 Å². The van der Waals surface area contributed by atoms with Crippen molar-refractivity contribution in [2.24, 2.45) is 0 Å². The van der Waals surface area contributed by atoms with Crippen molar-refractivity contribution in [3.8, 4) is 5.75 Å². The second-order valence-corrected chi connectivity index (χ2v) is 5.00. The highest BCUT2D eigenvalue weighted by Gasteiger charge is 2.14. The molecule has 0 aliphatic rings. The standard InChI is InChI=1S/C17H20N2O2/c1-11-5-4-6-15(16(11)18)17(20)19-12(2)13-7-9-14(21-3)10-8-13/h4-10,12H,18H2,1-3H3,(H,19,20). The van der Waals surface area contributed by atoms with Crippen molar-refractivity contribution in [3.05, 3.63) is 59.2 Å². The van der Waals surface area contributed by atoms with E-state index in [0.717, 1.165) is 16.9 Å². The van der Waals surface area contributed by atoms with Crippen molar-refractivity contribution < 1.29 is 9.53 Å². The number of ether oxygens (including phenoxy) is 1. The smallest absolute Gasteiger partial charge is 0.253 e. The van der Waals surface area contributed by atoms with Crippen LogP contribution in [0.25, 0.3) is 0 Å². The average Bonchev–Trinajstić information content (AvgIpc) is 2.50. The van der Waals surface area contributed by atoms with E-state index in [1.807, 2.05) is 50.2 Å². The maximum Gasteiger partial charge on any atom is 0.253 e. The Bertz CT molecular complexity index is 636. The van der Waals surface area contributed by atoms with Crippen LogP contribution >= 0.6 is 0 Å². The lowest BCUT2D eigenvalue weighted by atomic mass is 10.1. The number of hydrogen-bond acceptors (Lipinski definition) is 3. The van der Waals surface area contributed by atoms with Gasteiger partial charge in [-0.1, -0.05) is 24.3 Å². The molecule has 1 amide bonds. The lowest BCUT2D eigenvalue weighted by molar-refractivity contribution is 0.0940. The Kier molecular flexibility index (Phi) is 4.48. The number of para-hydroxylation sites is 1. The molecule has 1 atom stereocenters. The van der Waals surface area contributed by atoms with E-state index in [4.69, 9.17) is 10.5 Å². The molecule has 21 heavy (non-hydrogen) atoms. The molecule has 0 aliphatic carbocycles. The van der Waals surface area contributed by atoms with Gasteiger partial charge in [-0.3, -0.25) is 4.79 Å². The monoisotopic (exact) mass is 284 g/mol. The Balaban J connectivity index is 2.12. The van der Waals surface area contributed by atoms with Crippen LogP contribution in [-0.2, 0) is 0 Å². The van der Waals surface area contributed by atoms with Gasteiger partial charge in [0.25, 0.3) is 5.91 Å². The summed E-state index contributed by atoms with van der Waals surface area (Å²) in [5, 5.41) is 2.96. The number of rotatable bonds is 4. The minimum Gasteiger partial charge on any atom is -0.497 e. The van der Waals surface area contributed by atoms with Crippen molar-refractivity contribution in [2.75, 3.05) is 12.8 Å². The molecular formula is C17H20N2O2. The number of nitrogen functional groups attached to an aromatic ring is 1. The molecule has 2 aromatic carbocycles. The SMILES string of the molecule is COc1ccc(C(C)NC(=O)c2cccc(C)c2N)cc1. The molecule has 2 aromatic rings. The van der Waals surface area contributed by atoms with E-state index in [0.29, 0.717) is 11.3 Å². The molecule has 110 valence electrons. The number of carbonyl (C=O) groups excluding carboxylic acids is 1. The zero-order valence-corrected chi connectivity index (χ0v) is 12.5. The summed E-state index contributed by atoms with van der Waals surface area (Å²) in [6, 6.07) is 13.0. The second-order valence-electron chi connectivity index (χ2n) is 5.00. The van der Waals surface area contributed by atoms with E-state index >= 15 is 0 Å². The van der Waals surface area contributed by atoms with Gasteiger partial charge in [0.2, 0.25) is 0 Å². The van der Waals surface area contributed by atoms with Gasteiger partial charge in [-0.05, 0) is 43.2 Å². The molecule has 0 heterocycles. The van der Waals surface area contributed by atoms with Crippen LogP contribution in [-0.4, -0.2) is 13.0 Å². The molecule has 0 radical (unpaired) electrons. The number of amides is 1. The van der Waals surface area contributed by atoms with Crippen LogP contribution in [0.1, 0.15) is 34.5 Å². The molecule has 0 spiro atoms. The van der Waals surface area contributed by atoms with Gasteiger partial charge in [0.1, 0.15) is 5.75 Å². The van der Waals surface area contributed by atoms with E-state index in [2.05, 4.69) is 5.32 Å². The third kappa shape index (κ3) is 3.34. The van der Waals surface area contributed by atoms with Crippen LogP contribution < -0.4 is 15.8 Å². The summed E-state index contributed by atoms with van der Waals surface area (Å²) >= 11 is 0. The molecular weight excluding hydrogens is 264 g/mol. The highest BCUT2D eigenvalue weighted by Crippen LogP contribution is 2.20. The zero-order valence-electron chi connectivity index (χ0n) is 12.5. The van der Waals surface area contributed by atoms with Crippen LogP contribution in [0, 0.1) is 6.92 Å². The Hall–Kier alpha value is -2.49. The van der Waals surface area contributed by atoms with Crippen LogP contribution in [0.4, 0.5) is 5.69 Å². The number of aryl methyl sites for hydroxylation is 1. The van der Waals surface area contributed by atoms with E-state index in [1.54, 1.807) is 13.2 Å². The first-order chi connectivity index (χ1) is 10.0. The van der Waals surface area contributed by atoms with E-state index in [-0.39, 0.29) is 11.9 Å². The molecule has 0 saturated heterocycles. The molecule has 4 heteroatoms. The van der Waals surface area contributed by atoms with Crippen LogP contribution in [0.2, 0.25) is 0 Å². The molecule has 0 fully saturated rings. The highest BCUT2D eigenvalue weighted by atomic mass is 16.5. The Morgan fingerprint density at radius 3 is 2.48 bits per heavy atom. The van der Waals surface area contributed by atoms with E-state index < -0.39 is 0 Å². The number of anilines is 1. The zero-order chi connectivity index (χ0) is 15.4. The predicted octanol–water partition coefficient (Wildman–Crippen LogP) is 3.08. The summed E-state index contributed by atoms with van der Waals surface area (Å²) in [5.41, 5.74) is 8.91. The fourth-order valence-corrected chi connectivity index (χ4v) is 2.13. The van der Waals surface area contributed by atoms with Crippen LogP contribution in [0.5, 0.6) is 5.75 Å². The Morgan fingerprint density at radius 2 is 1.86 bits per heavy atom. The summed E-state index contributed by atoms with van der Waals surface area (Å²) in [5.74, 6) is 0.625. The van der Waals surface area contributed by atoms with Gasteiger partial charge in [0.05, 0.1) is 18.7 Å². The maximum atomic E-state index is 12.3. The lowest BCUT2D eigenvalue weighted by Crippen LogP contribution is -2.27. The first kappa shape index (κ1) is 14.9. The third-order valence-electron chi connectivity index (χ3n) is 3.53. The average molecular weight is 284 g/mol. The topological polar surface area (TPSA) is 64.3 Å². The van der Waals surface area contributed by atoms with Gasteiger partial charge in [-0.15, -0.1) is 0 Å². The van der Waals surface area contributed by atoms with Crippen molar-refractivity contribution >= 4 is 11.6 Å². The first-order valence-electron chi connectivity index (χ1n) is 6.83. The fraction of sp³-hybridized carbons (Fsp3) is 0.235. The molecule has 0 aliphatic heterocycles. The number of hydrogen-bond donors (Lipinski definition) is 2. The van der Waals surface area contributed by atoms with E-state index in [1.165, 1.54) is 0 Å². The third-order valence-corrected chi connectivity index (χ3v) is 3.53. The second kappa shape index (κ2) is 6.31. The van der Waals surface area contributed by atoms with Gasteiger partial charge in [-0.2, -0.15) is 0 Å². The minimum absolute atomic E-state index is 0.108. The lowest BCUT2D eigenvalue weighted by Gasteiger charge is -2.16. The normalized spacial score (nSPS) is 11.8. The van der Waals surface area contributed by atoms with Gasteiger partial charge >= 0.3 is 0 Å². The van der Waals surface area contributed by atoms with Gasteiger partial charge < -0.3 is 15.8 Å². The maximum absolute atomic E-state index is 12.3. The van der Waals surface area contributed by atoms with Gasteiger partial charge in [-0.25, -0.2) is 0 Å². The molecule has 3 N–H and O–H groups in total. The van der Waals surface area contributed by atoms with Crippen molar-refractivity contribution in [2.45, 2.75) is 19.9 Å². The number of nitrogens with one attached hydrogen (secondary N) is 1. The highest BCUT2D eigenvalue weighted by molar-refractivity contribution is 5.99. The van der Waals surface area contributed by atoms with Crippen LogP contribution in [0.3, 0.4) is 0 Å². The summed E-state index contributed by atoms with van der Waals surface area (Å²) in [4.78, 5) is 12.3. The van der Waals surface area contributed by atoms with Crippen molar-refractivity contribution in [1.29, 1.82) is 0 Å². The predicted molar refractivity (Wildman–Crippen MR) is 84.5 cm³/mol. The summed E-state index contributed by atoms with van der Waals surface area (Å²) in [7, 11) is 1.63. The minimum atomic E-state index is -0.167. The summed E-state index contributed by atoms with van der Waals surface area (Å²) < 4.78 is 5.12. The van der Waals surface area contributed by atoms with Crippen LogP contribution in [0.15, 0.2) is 42.5 Å². The van der Waals surface area contributed by atoms with E-state index in [9.17, 15) is 4.79 Å². The quantitative estimate of drug-likeness (QED) is 0.848. The van der Waals surface area contributed by atoms with Gasteiger partial charge in [0, 0.05) is 5.69 Å². The fourth-order valence-electron chi connectivity index (χ4n) is 2.13. The molecule has 1 unspecified atom stereocenters. The molecule has 0 aromatic heterocycles. The number of carbonyl (C=O) groups is 1. The van der Waals surface area contributed by atoms with Gasteiger partial charge in [0.15, 0.2) is 0 Å². The number of methoxy groups -OCH3 is 1. The largest absolute Gasteiger partial charge is 0.497 e. The Labute approximate surface area is 124 Å². The summed E-state index contributed by atoms with van der Waals surface area (Å²) in [6.07, 6.45) is 0. The van der Waals surface area contributed by atoms with Crippen molar-refractivity contribution in [1.82, 2.24) is 5.32 Å².